The minimum atomic E-state index is -0.136. The summed E-state index contributed by atoms with van der Waals surface area (Å²) in [5.41, 5.74) is 1.08. The first kappa shape index (κ1) is 14.0. The van der Waals surface area contributed by atoms with Crippen molar-refractivity contribution < 1.29 is 9.84 Å². The lowest BCUT2D eigenvalue weighted by molar-refractivity contribution is 0.0215. The van der Waals surface area contributed by atoms with Crippen LogP contribution in [0.3, 0.4) is 0 Å². The van der Waals surface area contributed by atoms with Gasteiger partial charge in [-0.2, -0.15) is 0 Å². The van der Waals surface area contributed by atoms with Crippen molar-refractivity contribution >= 4 is 0 Å². The van der Waals surface area contributed by atoms with E-state index in [4.69, 9.17) is 4.74 Å². The number of hydrogen-bond donors (Lipinski definition) is 2. The Balaban J connectivity index is 2.39. The van der Waals surface area contributed by atoms with Crippen molar-refractivity contribution in [1.82, 2.24) is 5.32 Å². The Morgan fingerprint density at radius 2 is 1.88 bits per heavy atom. The van der Waals surface area contributed by atoms with Crippen LogP contribution in [-0.4, -0.2) is 30.4 Å². The molecule has 0 bridgehead atoms. The highest BCUT2D eigenvalue weighted by Gasteiger charge is 2.16. The number of hydrogen-bond acceptors (Lipinski definition) is 3. The lowest BCUT2D eigenvalue weighted by Crippen LogP contribution is -2.41. The van der Waals surface area contributed by atoms with Crippen LogP contribution in [0.2, 0.25) is 0 Å². The van der Waals surface area contributed by atoms with Gasteiger partial charge in [0.1, 0.15) is 5.75 Å². The minimum absolute atomic E-state index is 0.136. The van der Waals surface area contributed by atoms with Crippen LogP contribution in [0.15, 0.2) is 24.3 Å². The predicted molar refractivity (Wildman–Crippen MR) is 70.4 cm³/mol. The van der Waals surface area contributed by atoms with Gasteiger partial charge in [-0.15, -0.1) is 0 Å². The minimum Gasteiger partial charge on any atom is -0.508 e. The lowest BCUT2D eigenvalue weighted by Gasteiger charge is -2.25. The van der Waals surface area contributed by atoms with E-state index in [2.05, 4.69) is 26.1 Å². The zero-order chi connectivity index (χ0) is 12.9. The van der Waals surface area contributed by atoms with Crippen LogP contribution in [0.25, 0.3) is 0 Å². The van der Waals surface area contributed by atoms with Gasteiger partial charge in [-0.05, 0) is 44.9 Å². The third kappa shape index (κ3) is 5.20. The smallest absolute Gasteiger partial charge is 0.115 e. The van der Waals surface area contributed by atoms with Crippen molar-refractivity contribution in [3.63, 3.8) is 0 Å². The zero-order valence-electron chi connectivity index (χ0n) is 11.2. The number of phenols is 1. The van der Waals surface area contributed by atoms with E-state index in [1.54, 1.807) is 19.2 Å². The molecular formula is C14H23NO2. The topological polar surface area (TPSA) is 41.5 Å². The van der Waals surface area contributed by atoms with Gasteiger partial charge in [0.15, 0.2) is 0 Å². The van der Waals surface area contributed by atoms with E-state index in [9.17, 15) is 5.11 Å². The summed E-state index contributed by atoms with van der Waals surface area (Å²) in [6, 6.07) is 7.74. The van der Waals surface area contributed by atoms with Crippen molar-refractivity contribution in [3.05, 3.63) is 29.8 Å². The molecule has 3 nitrogen and oxygen atoms in total. The average Bonchev–Trinajstić information content (AvgIpc) is 2.30. The Labute approximate surface area is 104 Å². The number of nitrogens with one attached hydrogen (secondary N) is 1. The Hall–Kier alpha value is -1.06. The zero-order valence-corrected chi connectivity index (χ0v) is 11.2. The van der Waals surface area contributed by atoms with Gasteiger partial charge in [0.25, 0.3) is 0 Å². The van der Waals surface area contributed by atoms with Crippen LogP contribution in [-0.2, 0) is 11.2 Å². The molecule has 0 saturated heterocycles. The molecule has 0 aliphatic rings. The standard InChI is InChI=1S/C14H23NO2/c1-11(15-10-14(2,3)17-4)9-12-5-7-13(16)8-6-12/h5-8,11,15-16H,9-10H2,1-4H3. The van der Waals surface area contributed by atoms with E-state index in [0.717, 1.165) is 13.0 Å². The second-order valence-corrected chi connectivity index (χ2v) is 5.12. The molecule has 0 heterocycles. The summed E-state index contributed by atoms with van der Waals surface area (Å²) in [5, 5.41) is 12.6. The molecule has 0 aliphatic heterocycles. The number of methoxy groups -OCH3 is 1. The second-order valence-electron chi connectivity index (χ2n) is 5.12. The SMILES string of the molecule is COC(C)(C)CNC(C)Cc1ccc(O)cc1. The predicted octanol–water partition coefficient (Wildman–Crippen LogP) is 2.34. The van der Waals surface area contributed by atoms with E-state index in [1.165, 1.54) is 5.56 Å². The summed E-state index contributed by atoms with van der Waals surface area (Å²) >= 11 is 0. The normalized spacial score (nSPS) is 13.6. The second kappa shape index (κ2) is 6.03. The van der Waals surface area contributed by atoms with Crippen molar-refractivity contribution in [1.29, 1.82) is 0 Å². The molecule has 17 heavy (non-hydrogen) atoms. The van der Waals surface area contributed by atoms with Crippen LogP contribution in [0.5, 0.6) is 5.75 Å². The first-order valence-corrected chi connectivity index (χ1v) is 5.99. The molecule has 1 aromatic rings. The molecule has 3 heteroatoms. The molecule has 0 fully saturated rings. The maximum Gasteiger partial charge on any atom is 0.115 e. The highest BCUT2D eigenvalue weighted by molar-refractivity contribution is 5.26. The van der Waals surface area contributed by atoms with Crippen LogP contribution in [0, 0.1) is 0 Å². The number of benzene rings is 1. The molecule has 0 amide bonds. The molecule has 2 N–H and O–H groups in total. The third-order valence-corrected chi connectivity index (χ3v) is 2.91. The fraction of sp³-hybridized carbons (Fsp3) is 0.571. The van der Waals surface area contributed by atoms with Gasteiger partial charge >= 0.3 is 0 Å². The van der Waals surface area contributed by atoms with Gasteiger partial charge in [-0.3, -0.25) is 0 Å². The molecule has 1 atom stereocenters. The Bertz CT molecular complexity index is 333. The van der Waals surface area contributed by atoms with Crippen molar-refractivity contribution in [2.45, 2.75) is 38.8 Å². The van der Waals surface area contributed by atoms with Crippen LogP contribution in [0.4, 0.5) is 0 Å². The van der Waals surface area contributed by atoms with Crippen molar-refractivity contribution in [2.75, 3.05) is 13.7 Å². The monoisotopic (exact) mass is 237 g/mol. The molecule has 0 saturated carbocycles. The fourth-order valence-corrected chi connectivity index (χ4v) is 1.55. The Morgan fingerprint density at radius 3 is 2.41 bits per heavy atom. The lowest BCUT2D eigenvalue weighted by atomic mass is 10.1. The maximum absolute atomic E-state index is 9.20. The number of phenolic OH excluding ortho intramolecular Hbond substituents is 1. The first-order chi connectivity index (χ1) is 7.93. The highest BCUT2D eigenvalue weighted by Crippen LogP contribution is 2.12. The van der Waals surface area contributed by atoms with Crippen molar-refractivity contribution in [3.8, 4) is 5.75 Å². The average molecular weight is 237 g/mol. The number of aromatic hydroxyl groups is 1. The largest absolute Gasteiger partial charge is 0.508 e. The Morgan fingerprint density at radius 1 is 1.29 bits per heavy atom. The fourth-order valence-electron chi connectivity index (χ4n) is 1.55. The molecule has 0 aliphatic carbocycles. The van der Waals surface area contributed by atoms with Gasteiger partial charge in [-0.1, -0.05) is 12.1 Å². The quantitative estimate of drug-likeness (QED) is 0.798. The molecule has 96 valence electrons. The van der Waals surface area contributed by atoms with Crippen LogP contribution < -0.4 is 5.32 Å². The summed E-state index contributed by atoms with van der Waals surface area (Å²) in [6.07, 6.45) is 0.945. The van der Waals surface area contributed by atoms with Crippen molar-refractivity contribution in [2.24, 2.45) is 0 Å². The van der Waals surface area contributed by atoms with Gasteiger partial charge in [0.05, 0.1) is 5.60 Å². The molecule has 0 radical (unpaired) electrons. The molecule has 1 aromatic carbocycles. The molecular weight excluding hydrogens is 214 g/mol. The molecule has 0 aromatic heterocycles. The molecule has 0 spiro atoms. The maximum atomic E-state index is 9.20. The summed E-state index contributed by atoms with van der Waals surface area (Å²) in [4.78, 5) is 0. The Kier molecular flexibility index (Phi) is 4.97. The summed E-state index contributed by atoms with van der Waals surface area (Å²) in [5.74, 6) is 0.315. The van der Waals surface area contributed by atoms with Gasteiger partial charge in [-0.25, -0.2) is 0 Å². The molecule has 1 rings (SSSR count). The first-order valence-electron chi connectivity index (χ1n) is 5.99. The highest BCUT2D eigenvalue weighted by atomic mass is 16.5. The van der Waals surface area contributed by atoms with Gasteiger partial charge in [0, 0.05) is 19.7 Å². The summed E-state index contributed by atoms with van der Waals surface area (Å²) < 4.78 is 5.36. The van der Waals surface area contributed by atoms with Crippen LogP contribution in [0.1, 0.15) is 26.3 Å². The van der Waals surface area contributed by atoms with E-state index in [0.29, 0.717) is 11.8 Å². The third-order valence-electron chi connectivity index (χ3n) is 2.91. The van der Waals surface area contributed by atoms with E-state index >= 15 is 0 Å². The van der Waals surface area contributed by atoms with E-state index < -0.39 is 0 Å². The van der Waals surface area contributed by atoms with Crippen LogP contribution >= 0.6 is 0 Å². The summed E-state index contributed by atoms with van der Waals surface area (Å²) in [7, 11) is 1.73. The summed E-state index contributed by atoms with van der Waals surface area (Å²) in [6.45, 7) is 7.10. The van der Waals surface area contributed by atoms with Gasteiger partial charge in [0.2, 0.25) is 0 Å². The number of rotatable bonds is 6. The molecule has 1 unspecified atom stereocenters. The van der Waals surface area contributed by atoms with E-state index in [1.807, 2.05) is 12.1 Å². The number of ether oxygens (including phenoxy) is 1. The van der Waals surface area contributed by atoms with Gasteiger partial charge < -0.3 is 15.2 Å². The van der Waals surface area contributed by atoms with E-state index in [-0.39, 0.29) is 5.60 Å².